The number of nitrogens with one attached hydrogen (secondary N) is 4. The number of carbonyl (C=O) groups excluding carboxylic acids is 3. The lowest BCUT2D eigenvalue weighted by Gasteiger charge is -2.22. The van der Waals surface area contributed by atoms with Gasteiger partial charge in [-0.05, 0) is 30.8 Å². The molecule has 0 saturated heterocycles. The van der Waals surface area contributed by atoms with Crippen molar-refractivity contribution in [3.63, 3.8) is 0 Å². The minimum absolute atomic E-state index is 0.0487. The van der Waals surface area contributed by atoms with Gasteiger partial charge in [-0.3, -0.25) is 14.4 Å². The van der Waals surface area contributed by atoms with Crippen molar-refractivity contribution in [1.29, 1.82) is 0 Å². The molecular formula is C19H32N6O5S. The van der Waals surface area contributed by atoms with E-state index in [1.165, 1.54) is 12.5 Å². The first kappa shape index (κ1) is 26.4. The van der Waals surface area contributed by atoms with Crippen molar-refractivity contribution in [2.75, 3.05) is 18.6 Å². The SMILES string of the molecule is CSCCC(N)C(=O)NCC(=O)NC(Cc1cnc[nH]1)C(=O)NC(CC(C)C)C(=O)O. The molecule has 0 radical (unpaired) electrons. The molecule has 0 bridgehead atoms. The van der Waals surface area contributed by atoms with Gasteiger partial charge in [0.05, 0.1) is 18.9 Å². The number of aromatic amines is 1. The van der Waals surface area contributed by atoms with Crippen LogP contribution in [-0.4, -0.2) is 75.4 Å². The Bertz CT molecular complexity index is 727. The quantitative estimate of drug-likeness (QED) is 0.211. The number of aliphatic carboxylic acids is 1. The van der Waals surface area contributed by atoms with E-state index in [0.717, 1.165) is 0 Å². The Morgan fingerprint density at radius 3 is 2.45 bits per heavy atom. The van der Waals surface area contributed by atoms with Gasteiger partial charge in [0.1, 0.15) is 12.1 Å². The zero-order valence-corrected chi connectivity index (χ0v) is 18.8. The average Bonchev–Trinajstić information content (AvgIpc) is 3.21. The summed E-state index contributed by atoms with van der Waals surface area (Å²) in [5.41, 5.74) is 6.35. The predicted octanol–water partition coefficient (Wildman–Crippen LogP) is -0.751. The highest BCUT2D eigenvalue weighted by molar-refractivity contribution is 7.98. The van der Waals surface area contributed by atoms with Crippen molar-refractivity contribution in [3.05, 3.63) is 18.2 Å². The predicted molar refractivity (Wildman–Crippen MR) is 117 cm³/mol. The highest BCUT2D eigenvalue weighted by atomic mass is 32.2. The van der Waals surface area contributed by atoms with Crippen LogP contribution in [0, 0.1) is 5.92 Å². The van der Waals surface area contributed by atoms with Gasteiger partial charge in [0.15, 0.2) is 0 Å². The van der Waals surface area contributed by atoms with E-state index in [-0.39, 0.29) is 25.3 Å². The maximum Gasteiger partial charge on any atom is 0.326 e. The Labute approximate surface area is 185 Å². The van der Waals surface area contributed by atoms with Crippen LogP contribution in [0.5, 0.6) is 0 Å². The lowest BCUT2D eigenvalue weighted by molar-refractivity contribution is -0.142. The van der Waals surface area contributed by atoms with Crippen LogP contribution < -0.4 is 21.7 Å². The van der Waals surface area contributed by atoms with Crippen molar-refractivity contribution < 1.29 is 24.3 Å². The summed E-state index contributed by atoms with van der Waals surface area (Å²) in [6.45, 7) is 3.34. The van der Waals surface area contributed by atoms with Gasteiger partial charge in [-0.2, -0.15) is 11.8 Å². The monoisotopic (exact) mass is 456 g/mol. The summed E-state index contributed by atoms with van der Waals surface area (Å²) in [5.74, 6) is -2.08. The van der Waals surface area contributed by atoms with Crippen LogP contribution in [0.4, 0.5) is 0 Å². The Morgan fingerprint density at radius 2 is 1.90 bits per heavy atom. The number of rotatable bonds is 14. The van der Waals surface area contributed by atoms with E-state index in [2.05, 4.69) is 25.9 Å². The van der Waals surface area contributed by atoms with Gasteiger partial charge in [0.2, 0.25) is 17.7 Å². The maximum atomic E-state index is 12.7. The smallest absolute Gasteiger partial charge is 0.326 e. The number of imidazole rings is 1. The topological polar surface area (TPSA) is 179 Å². The van der Waals surface area contributed by atoms with Crippen LogP contribution in [0.2, 0.25) is 0 Å². The number of nitrogens with zero attached hydrogens (tertiary/aromatic N) is 1. The minimum atomic E-state index is -1.15. The Morgan fingerprint density at radius 1 is 1.19 bits per heavy atom. The summed E-state index contributed by atoms with van der Waals surface area (Å²) in [5, 5.41) is 16.8. The lowest BCUT2D eigenvalue weighted by atomic mass is 10.0. The van der Waals surface area contributed by atoms with Crippen LogP contribution in [0.15, 0.2) is 12.5 Å². The van der Waals surface area contributed by atoms with Crippen LogP contribution in [-0.2, 0) is 25.6 Å². The van der Waals surface area contributed by atoms with E-state index < -0.39 is 41.8 Å². The first-order chi connectivity index (χ1) is 14.6. The van der Waals surface area contributed by atoms with Crippen molar-refractivity contribution in [2.24, 2.45) is 11.7 Å². The highest BCUT2D eigenvalue weighted by Crippen LogP contribution is 2.07. The Hall–Kier alpha value is -2.60. The highest BCUT2D eigenvalue weighted by Gasteiger charge is 2.28. The molecular weight excluding hydrogens is 424 g/mol. The standard InChI is InChI=1S/C19H32N6O5S/c1-11(2)6-15(19(29)30)25-18(28)14(7-12-8-21-10-23-12)24-16(26)9-22-17(27)13(20)4-5-31-3/h8,10-11,13-15H,4-7,9,20H2,1-3H3,(H,21,23)(H,22,27)(H,24,26)(H,25,28)(H,29,30). The molecule has 0 aliphatic carbocycles. The molecule has 1 aromatic heterocycles. The third-order valence-corrected chi connectivity index (χ3v) is 4.99. The second kappa shape index (κ2) is 13.7. The summed E-state index contributed by atoms with van der Waals surface area (Å²) < 4.78 is 0. The van der Waals surface area contributed by atoms with E-state index >= 15 is 0 Å². The van der Waals surface area contributed by atoms with Gasteiger partial charge in [0.25, 0.3) is 0 Å². The molecule has 0 fully saturated rings. The molecule has 7 N–H and O–H groups in total. The van der Waals surface area contributed by atoms with Crippen LogP contribution in [0.3, 0.4) is 0 Å². The molecule has 12 heteroatoms. The Kier molecular flexibility index (Phi) is 11.6. The van der Waals surface area contributed by atoms with Gasteiger partial charge in [-0.15, -0.1) is 0 Å². The number of nitrogens with two attached hydrogens (primary N) is 1. The third-order valence-electron chi connectivity index (χ3n) is 4.35. The van der Waals surface area contributed by atoms with Crippen LogP contribution in [0.1, 0.15) is 32.4 Å². The summed E-state index contributed by atoms with van der Waals surface area (Å²) in [7, 11) is 0. The number of aromatic nitrogens is 2. The number of hydrogen-bond donors (Lipinski definition) is 6. The molecule has 1 rings (SSSR count). The number of carboxylic acids is 1. The van der Waals surface area contributed by atoms with Crippen molar-refractivity contribution in [1.82, 2.24) is 25.9 Å². The number of thioether (sulfide) groups is 1. The molecule has 3 atom stereocenters. The molecule has 1 heterocycles. The van der Waals surface area contributed by atoms with Crippen LogP contribution >= 0.6 is 11.8 Å². The second-order valence-electron chi connectivity index (χ2n) is 7.54. The second-order valence-corrected chi connectivity index (χ2v) is 8.52. The molecule has 174 valence electrons. The van der Waals surface area contributed by atoms with E-state index in [4.69, 9.17) is 5.73 Å². The maximum absolute atomic E-state index is 12.7. The minimum Gasteiger partial charge on any atom is -0.480 e. The molecule has 0 aliphatic heterocycles. The summed E-state index contributed by atoms with van der Waals surface area (Å²) in [4.78, 5) is 55.2. The number of carbonyl (C=O) groups is 4. The number of amides is 3. The van der Waals surface area contributed by atoms with E-state index in [1.807, 2.05) is 20.1 Å². The van der Waals surface area contributed by atoms with E-state index in [9.17, 15) is 24.3 Å². The van der Waals surface area contributed by atoms with Gasteiger partial charge in [-0.25, -0.2) is 9.78 Å². The Balaban J connectivity index is 2.74. The van der Waals surface area contributed by atoms with Gasteiger partial charge >= 0.3 is 5.97 Å². The van der Waals surface area contributed by atoms with Crippen molar-refractivity contribution >= 4 is 35.5 Å². The first-order valence-electron chi connectivity index (χ1n) is 9.96. The molecule has 0 saturated carbocycles. The zero-order valence-electron chi connectivity index (χ0n) is 18.0. The first-order valence-corrected chi connectivity index (χ1v) is 11.3. The van der Waals surface area contributed by atoms with Gasteiger partial charge in [-0.1, -0.05) is 13.8 Å². The summed E-state index contributed by atoms with van der Waals surface area (Å²) in [6.07, 6.45) is 5.64. The fourth-order valence-electron chi connectivity index (χ4n) is 2.71. The molecule has 3 unspecified atom stereocenters. The van der Waals surface area contributed by atoms with E-state index in [0.29, 0.717) is 17.9 Å². The zero-order chi connectivity index (χ0) is 23.4. The summed E-state index contributed by atoms with van der Waals surface area (Å²) >= 11 is 1.56. The summed E-state index contributed by atoms with van der Waals surface area (Å²) in [6, 6.07) is -2.86. The average molecular weight is 457 g/mol. The normalized spacial score (nSPS) is 13.8. The van der Waals surface area contributed by atoms with Crippen molar-refractivity contribution in [2.45, 2.75) is 51.2 Å². The molecule has 0 aromatic carbocycles. The molecule has 3 amide bonds. The van der Waals surface area contributed by atoms with Gasteiger partial charge in [0, 0.05) is 18.3 Å². The van der Waals surface area contributed by atoms with Crippen molar-refractivity contribution in [3.8, 4) is 0 Å². The largest absolute Gasteiger partial charge is 0.480 e. The molecule has 11 nitrogen and oxygen atoms in total. The van der Waals surface area contributed by atoms with E-state index in [1.54, 1.807) is 11.8 Å². The molecule has 0 spiro atoms. The molecule has 31 heavy (non-hydrogen) atoms. The van der Waals surface area contributed by atoms with Gasteiger partial charge < -0.3 is 31.8 Å². The fourth-order valence-corrected chi connectivity index (χ4v) is 3.20. The third kappa shape index (κ3) is 10.3. The number of hydrogen-bond acceptors (Lipinski definition) is 7. The fraction of sp³-hybridized carbons (Fsp3) is 0.632. The van der Waals surface area contributed by atoms with Crippen LogP contribution in [0.25, 0.3) is 0 Å². The number of H-pyrrole nitrogens is 1. The lowest BCUT2D eigenvalue weighted by Crippen LogP contribution is -2.54. The molecule has 1 aromatic rings. The number of carboxylic acid groups (broad SMARTS) is 1. The molecule has 0 aliphatic rings.